The lowest BCUT2D eigenvalue weighted by atomic mass is 9.99. The third-order valence-corrected chi connectivity index (χ3v) is 5.82. The maximum atomic E-state index is 15.3. The first-order valence-electron chi connectivity index (χ1n) is 12.0. The van der Waals surface area contributed by atoms with E-state index in [1.165, 1.54) is 37.1 Å². The third-order valence-electron chi connectivity index (χ3n) is 5.82. The molecule has 1 atom stereocenters. The topological polar surface area (TPSA) is 98.6 Å². The van der Waals surface area contributed by atoms with Crippen molar-refractivity contribution >= 4 is 28.5 Å². The monoisotopic (exact) mass is 519 g/mol. The van der Waals surface area contributed by atoms with Crippen LogP contribution in [0.3, 0.4) is 0 Å². The number of carbonyl (C=O) groups excluding carboxylic acids is 2. The zero-order valence-corrected chi connectivity index (χ0v) is 21.9. The van der Waals surface area contributed by atoms with E-state index in [2.05, 4.69) is 15.6 Å². The molecule has 0 radical (unpaired) electrons. The summed E-state index contributed by atoms with van der Waals surface area (Å²) in [5.41, 5.74) is 0.848. The Morgan fingerprint density at radius 1 is 1.03 bits per heavy atom. The Bertz CT molecular complexity index is 1460. The lowest BCUT2D eigenvalue weighted by Gasteiger charge is -2.34. The van der Waals surface area contributed by atoms with Crippen LogP contribution in [0.1, 0.15) is 32.4 Å². The van der Waals surface area contributed by atoms with Crippen LogP contribution in [0.15, 0.2) is 66.7 Å². The number of anilines is 1. The Labute approximate surface area is 220 Å². The number of carbonyl (C=O) groups is 2. The fourth-order valence-electron chi connectivity index (χ4n) is 4.19. The molecule has 198 valence electrons. The quantitative estimate of drug-likeness (QED) is 0.373. The number of rotatable bonds is 8. The SMILES string of the molecule is COc1ccc(OC)c([C@H](C(=O)NC(C)(C)C)N(C(=O)Cn2nnc3ccccc32)c2ccccc2F)c1. The summed E-state index contributed by atoms with van der Waals surface area (Å²) in [5.74, 6) is -0.994. The van der Waals surface area contributed by atoms with Crippen molar-refractivity contribution in [2.24, 2.45) is 0 Å². The zero-order valence-electron chi connectivity index (χ0n) is 21.9. The number of hydrogen-bond acceptors (Lipinski definition) is 6. The van der Waals surface area contributed by atoms with Crippen LogP contribution in [-0.2, 0) is 16.1 Å². The summed E-state index contributed by atoms with van der Waals surface area (Å²) in [5, 5.41) is 11.2. The largest absolute Gasteiger partial charge is 0.497 e. The summed E-state index contributed by atoms with van der Waals surface area (Å²) in [6, 6.07) is 16.6. The van der Waals surface area contributed by atoms with Gasteiger partial charge < -0.3 is 14.8 Å². The molecule has 0 saturated carbocycles. The molecule has 0 saturated heterocycles. The summed E-state index contributed by atoms with van der Waals surface area (Å²) in [7, 11) is 2.95. The van der Waals surface area contributed by atoms with Gasteiger partial charge in [-0.2, -0.15) is 0 Å². The van der Waals surface area contributed by atoms with Crippen molar-refractivity contribution in [1.82, 2.24) is 20.3 Å². The van der Waals surface area contributed by atoms with Gasteiger partial charge in [-0.15, -0.1) is 5.10 Å². The minimum atomic E-state index is -1.31. The predicted molar refractivity (Wildman–Crippen MR) is 142 cm³/mol. The molecule has 0 aliphatic carbocycles. The van der Waals surface area contributed by atoms with Crippen LogP contribution < -0.4 is 19.7 Å². The van der Waals surface area contributed by atoms with Gasteiger partial charge in [0.2, 0.25) is 11.8 Å². The molecule has 1 N–H and O–H groups in total. The van der Waals surface area contributed by atoms with Crippen LogP contribution >= 0.6 is 0 Å². The van der Waals surface area contributed by atoms with Gasteiger partial charge in [0.1, 0.15) is 35.4 Å². The summed E-state index contributed by atoms with van der Waals surface area (Å²) < 4.78 is 27.7. The van der Waals surface area contributed by atoms with Gasteiger partial charge in [-0.25, -0.2) is 9.07 Å². The van der Waals surface area contributed by atoms with Gasteiger partial charge in [0.15, 0.2) is 0 Å². The average molecular weight is 520 g/mol. The van der Waals surface area contributed by atoms with Gasteiger partial charge in [0.05, 0.1) is 25.4 Å². The molecule has 1 heterocycles. The van der Waals surface area contributed by atoms with Gasteiger partial charge in [0, 0.05) is 11.1 Å². The number of fused-ring (bicyclic) bond motifs is 1. The predicted octanol–water partition coefficient (Wildman–Crippen LogP) is 4.28. The second kappa shape index (κ2) is 10.9. The highest BCUT2D eigenvalue weighted by molar-refractivity contribution is 6.02. The first kappa shape index (κ1) is 26.6. The number of benzene rings is 3. The molecular weight excluding hydrogens is 489 g/mol. The fourth-order valence-corrected chi connectivity index (χ4v) is 4.19. The summed E-state index contributed by atoms with van der Waals surface area (Å²) in [4.78, 5) is 29.1. The van der Waals surface area contributed by atoms with E-state index in [0.717, 1.165) is 4.90 Å². The maximum Gasteiger partial charge on any atom is 0.249 e. The lowest BCUT2D eigenvalue weighted by Crippen LogP contribution is -2.50. The van der Waals surface area contributed by atoms with Crippen LogP contribution in [0.4, 0.5) is 10.1 Å². The number of halogens is 1. The van der Waals surface area contributed by atoms with Gasteiger partial charge in [-0.1, -0.05) is 29.5 Å². The number of amides is 2. The molecule has 4 rings (SSSR count). The van der Waals surface area contributed by atoms with E-state index in [1.54, 1.807) is 36.4 Å². The molecule has 9 nitrogen and oxygen atoms in total. The van der Waals surface area contributed by atoms with E-state index in [4.69, 9.17) is 9.47 Å². The molecule has 0 aliphatic rings. The van der Waals surface area contributed by atoms with Crippen LogP contribution in [0.25, 0.3) is 11.0 Å². The molecule has 0 fully saturated rings. The molecule has 2 amide bonds. The number of ether oxygens (including phenoxy) is 2. The summed E-state index contributed by atoms with van der Waals surface area (Å²) >= 11 is 0. The molecule has 10 heteroatoms. The van der Waals surface area contributed by atoms with Crippen LogP contribution in [0.2, 0.25) is 0 Å². The van der Waals surface area contributed by atoms with Gasteiger partial charge in [-0.3, -0.25) is 14.5 Å². The van der Waals surface area contributed by atoms with Crippen molar-refractivity contribution in [3.8, 4) is 11.5 Å². The maximum absolute atomic E-state index is 15.3. The smallest absolute Gasteiger partial charge is 0.249 e. The number of hydrogen-bond donors (Lipinski definition) is 1. The van der Waals surface area contributed by atoms with Crippen LogP contribution in [-0.4, -0.2) is 46.6 Å². The van der Waals surface area contributed by atoms with Crippen molar-refractivity contribution in [3.63, 3.8) is 0 Å². The van der Waals surface area contributed by atoms with E-state index in [1.807, 2.05) is 32.9 Å². The van der Waals surface area contributed by atoms with E-state index in [9.17, 15) is 9.59 Å². The number of methoxy groups -OCH3 is 2. The van der Waals surface area contributed by atoms with E-state index < -0.39 is 29.2 Å². The Kier molecular flexibility index (Phi) is 7.61. The molecule has 38 heavy (non-hydrogen) atoms. The molecule has 3 aromatic carbocycles. The molecule has 0 bridgehead atoms. The number of aromatic nitrogens is 3. The van der Waals surface area contributed by atoms with Crippen molar-refractivity contribution in [2.45, 2.75) is 38.9 Å². The number of para-hydroxylation sites is 2. The number of nitrogens with zero attached hydrogens (tertiary/aromatic N) is 4. The molecule has 0 spiro atoms. The zero-order chi connectivity index (χ0) is 27.4. The molecular formula is C28H30FN5O4. The van der Waals surface area contributed by atoms with Crippen LogP contribution in [0, 0.1) is 5.82 Å². The Balaban J connectivity index is 1.91. The minimum Gasteiger partial charge on any atom is -0.497 e. The molecule has 0 aliphatic heterocycles. The molecule has 0 unspecified atom stereocenters. The van der Waals surface area contributed by atoms with Crippen molar-refractivity contribution in [1.29, 1.82) is 0 Å². The first-order chi connectivity index (χ1) is 18.1. The standard InChI is InChI=1S/C28H30FN5O4/c1-28(2,3)30-27(36)26(19-16-18(37-4)14-15-24(19)38-5)34(22-12-8-6-10-20(22)29)25(35)17-33-23-13-9-7-11-21(23)31-32-33/h6-16,26H,17H2,1-5H3,(H,30,36)/t26-/m1/s1. The third kappa shape index (κ3) is 5.59. The summed E-state index contributed by atoms with van der Waals surface area (Å²) in [6.07, 6.45) is 0. The highest BCUT2D eigenvalue weighted by Crippen LogP contribution is 2.37. The molecule has 1 aromatic heterocycles. The second-order valence-electron chi connectivity index (χ2n) is 9.70. The fraction of sp³-hybridized carbons (Fsp3) is 0.286. The normalized spacial score (nSPS) is 12.2. The van der Waals surface area contributed by atoms with Crippen LogP contribution in [0.5, 0.6) is 11.5 Å². The second-order valence-corrected chi connectivity index (χ2v) is 9.70. The van der Waals surface area contributed by atoms with E-state index >= 15 is 4.39 Å². The number of nitrogens with one attached hydrogen (secondary N) is 1. The Morgan fingerprint density at radius 3 is 2.42 bits per heavy atom. The highest BCUT2D eigenvalue weighted by atomic mass is 19.1. The van der Waals surface area contributed by atoms with E-state index in [0.29, 0.717) is 28.1 Å². The van der Waals surface area contributed by atoms with E-state index in [-0.39, 0.29) is 12.2 Å². The summed E-state index contributed by atoms with van der Waals surface area (Å²) in [6.45, 7) is 5.17. The lowest BCUT2D eigenvalue weighted by molar-refractivity contribution is -0.128. The van der Waals surface area contributed by atoms with Gasteiger partial charge in [0.25, 0.3) is 0 Å². The van der Waals surface area contributed by atoms with Gasteiger partial charge >= 0.3 is 0 Å². The molecule has 4 aromatic rings. The van der Waals surface area contributed by atoms with Crippen molar-refractivity contribution in [2.75, 3.05) is 19.1 Å². The van der Waals surface area contributed by atoms with Gasteiger partial charge in [-0.05, 0) is 63.2 Å². The average Bonchev–Trinajstić information content (AvgIpc) is 3.29. The minimum absolute atomic E-state index is 0.0687. The Morgan fingerprint density at radius 2 is 1.74 bits per heavy atom. The highest BCUT2D eigenvalue weighted by Gasteiger charge is 2.38. The first-order valence-corrected chi connectivity index (χ1v) is 12.0. The van der Waals surface area contributed by atoms with Crippen molar-refractivity contribution < 1.29 is 23.5 Å². The Hall–Kier alpha value is -4.47. The van der Waals surface area contributed by atoms with Crippen molar-refractivity contribution in [3.05, 3.63) is 78.1 Å².